The maximum atomic E-state index is 12.9. The summed E-state index contributed by atoms with van der Waals surface area (Å²) in [4.78, 5) is 25.4. The quantitative estimate of drug-likeness (QED) is 0.502. The Hall–Kier alpha value is -2.82. The molecular weight excluding hydrogens is 400 g/mol. The lowest BCUT2D eigenvalue weighted by Gasteiger charge is -2.23. The number of hydrogen-bond donors (Lipinski definition) is 2. The summed E-state index contributed by atoms with van der Waals surface area (Å²) in [6, 6.07) is 15.3. The van der Waals surface area contributed by atoms with Crippen LogP contribution in [0.4, 0.5) is 5.69 Å². The molecule has 2 aromatic rings. The van der Waals surface area contributed by atoms with E-state index >= 15 is 0 Å². The minimum atomic E-state index is -0.588. The fourth-order valence-corrected chi connectivity index (χ4v) is 4.13. The molecule has 2 atom stereocenters. The van der Waals surface area contributed by atoms with Crippen molar-refractivity contribution in [2.24, 2.45) is 0 Å². The highest BCUT2D eigenvalue weighted by Gasteiger charge is 2.21. The van der Waals surface area contributed by atoms with Crippen LogP contribution in [0, 0.1) is 0 Å². The molecule has 2 aromatic carbocycles. The van der Waals surface area contributed by atoms with Crippen LogP contribution in [-0.2, 0) is 4.79 Å². The van der Waals surface area contributed by atoms with E-state index in [0.29, 0.717) is 23.6 Å². The highest BCUT2D eigenvalue weighted by Crippen LogP contribution is 2.29. The fourth-order valence-electron chi connectivity index (χ4n) is 4.13. The van der Waals surface area contributed by atoms with Gasteiger partial charge in [0.25, 0.3) is 11.8 Å². The summed E-state index contributed by atoms with van der Waals surface area (Å²) in [5.41, 5.74) is 2.38. The van der Waals surface area contributed by atoms with Crippen molar-refractivity contribution < 1.29 is 14.3 Å². The summed E-state index contributed by atoms with van der Waals surface area (Å²) in [6.45, 7) is 6.24. The van der Waals surface area contributed by atoms with Crippen LogP contribution in [0.25, 0.3) is 0 Å². The van der Waals surface area contributed by atoms with Crippen LogP contribution in [0.1, 0.15) is 87.6 Å². The van der Waals surface area contributed by atoms with Crippen molar-refractivity contribution in [3.8, 4) is 5.75 Å². The third-order valence-corrected chi connectivity index (χ3v) is 6.35. The highest BCUT2D eigenvalue weighted by atomic mass is 16.5. The summed E-state index contributed by atoms with van der Waals surface area (Å²) in [7, 11) is 0. The summed E-state index contributed by atoms with van der Waals surface area (Å²) < 4.78 is 6.12. The van der Waals surface area contributed by atoms with E-state index in [2.05, 4.69) is 30.5 Å². The molecule has 2 N–H and O–H groups in total. The van der Waals surface area contributed by atoms with Crippen molar-refractivity contribution in [1.29, 1.82) is 0 Å². The van der Waals surface area contributed by atoms with Crippen LogP contribution in [0.15, 0.2) is 48.5 Å². The van der Waals surface area contributed by atoms with Gasteiger partial charge in [-0.1, -0.05) is 58.2 Å². The normalized spacial score (nSPS) is 16.1. The lowest BCUT2D eigenvalue weighted by Crippen LogP contribution is -2.36. The summed E-state index contributed by atoms with van der Waals surface area (Å²) in [5, 5.41) is 6.05. The van der Waals surface area contributed by atoms with Gasteiger partial charge in [0.1, 0.15) is 5.75 Å². The Morgan fingerprint density at radius 3 is 2.31 bits per heavy atom. The zero-order valence-electron chi connectivity index (χ0n) is 19.5. The average Bonchev–Trinajstić information content (AvgIpc) is 2.83. The van der Waals surface area contributed by atoms with Gasteiger partial charge in [-0.3, -0.25) is 9.59 Å². The molecule has 5 heteroatoms. The molecule has 1 saturated carbocycles. The van der Waals surface area contributed by atoms with Crippen molar-refractivity contribution in [2.45, 2.75) is 83.8 Å². The number of nitrogens with one attached hydrogen (secondary N) is 2. The van der Waals surface area contributed by atoms with E-state index < -0.39 is 6.10 Å². The second-order valence-corrected chi connectivity index (χ2v) is 8.74. The molecule has 2 unspecified atom stereocenters. The van der Waals surface area contributed by atoms with Gasteiger partial charge in [0, 0.05) is 17.3 Å². The summed E-state index contributed by atoms with van der Waals surface area (Å²) in [6.07, 6.45) is 6.70. The van der Waals surface area contributed by atoms with Crippen molar-refractivity contribution in [2.75, 3.05) is 5.32 Å². The van der Waals surface area contributed by atoms with E-state index in [4.69, 9.17) is 4.74 Å². The Kier molecular flexibility index (Phi) is 8.72. The molecule has 32 heavy (non-hydrogen) atoms. The third kappa shape index (κ3) is 6.35. The molecule has 0 aliphatic heterocycles. The van der Waals surface area contributed by atoms with E-state index in [1.165, 1.54) is 19.3 Å². The van der Waals surface area contributed by atoms with Gasteiger partial charge < -0.3 is 15.4 Å². The van der Waals surface area contributed by atoms with Crippen LogP contribution in [-0.4, -0.2) is 24.0 Å². The van der Waals surface area contributed by atoms with E-state index in [1.807, 2.05) is 25.1 Å². The van der Waals surface area contributed by atoms with E-state index in [0.717, 1.165) is 30.6 Å². The van der Waals surface area contributed by atoms with E-state index in [-0.39, 0.29) is 17.9 Å². The van der Waals surface area contributed by atoms with Gasteiger partial charge in [-0.05, 0) is 67.5 Å². The zero-order chi connectivity index (χ0) is 22.9. The topological polar surface area (TPSA) is 67.4 Å². The number of para-hydroxylation sites is 1. The maximum Gasteiger partial charge on any atom is 0.265 e. The molecular formula is C27H36N2O3. The molecule has 1 aliphatic rings. The molecule has 0 radical (unpaired) electrons. The van der Waals surface area contributed by atoms with E-state index in [1.54, 1.807) is 24.3 Å². The minimum Gasteiger partial charge on any atom is -0.480 e. The largest absolute Gasteiger partial charge is 0.480 e. The average molecular weight is 437 g/mol. The molecule has 0 heterocycles. The summed E-state index contributed by atoms with van der Waals surface area (Å²) >= 11 is 0. The first kappa shape index (κ1) is 23.8. The number of hydrogen-bond acceptors (Lipinski definition) is 3. The Morgan fingerprint density at radius 2 is 1.66 bits per heavy atom. The van der Waals surface area contributed by atoms with Crippen molar-refractivity contribution in [1.82, 2.24) is 5.32 Å². The molecule has 172 valence electrons. The van der Waals surface area contributed by atoms with Crippen LogP contribution in [0.2, 0.25) is 0 Å². The number of rotatable bonds is 9. The predicted molar refractivity (Wildman–Crippen MR) is 129 cm³/mol. The smallest absolute Gasteiger partial charge is 0.265 e. The Morgan fingerprint density at radius 1 is 0.969 bits per heavy atom. The van der Waals surface area contributed by atoms with Crippen LogP contribution in [0.3, 0.4) is 0 Å². The van der Waals surface area contributed by atoms with Gasteiger partial charge >= 0.3 is 0 Å². The second kappa shape index (κ2) is 11.7. The first-order chi connectivity index (χ1) is 15.5. The van der Waals surface area contributed by atoms with Crippen molar-refractivity contribution in [3.05, 3.63) is 59.7 Å². The maximum absolute atomic E-state index is 12.9. The molecule has 2 amide bonds. The van der Waals surface area contributed by atoms with Crippen LogP contribution < -0.4 is 15.4 Å². The fraction of sp³-hybridized carbons (Fsp3) is 0.481. The van der Waals surface area contributed by atoms with Gasteiger partial charge in [-0.2, -0.15) is 0 Å². The molecule has 0 bridgehead atoms. The molecule has 1 aliphatic carbocycles. The number of benzene rings is 2. The minimum absolute atomic E-state index is 0.0498. The number of carbonyl (C=O) groups excluding carboxylic acids is 2. The van der Waals surface area contributed by atoms with Gasteiger partial charge in [0.2, 0.25) is 0 Å². The SMILES string of the molecule is CCC(Oc1ccccc1C(C)CC)C(=O)Nc1ccc(C(=O)NC2CCCCC2)cc1. The van der Waals surface area contributed by atoms with Crippen LogP contribution in [0.5, 0.6) is 5.75 Å². The Balaban J connectivity index is 1.60. The second-order valence-electron chi connectivity index (χ2n) is 8.74. The lowest BCUT2D eigenvalue weighted by atomic mass is 9.95. The number of amides is 2. The molecule has 1 fully saturated rings. The number of ether oxygens (including phenoxy) is 1. The first-order valence-corrected chi connectivity index (χ1v) is 12.0. The molecule has 3 rings (SSSR count). The summed E-state index contributed by atoms with van der Waals surface area (Å²) in [5.74, 6) is 0.884. The van der Waals surface area contributed by atoms with Gasteiger partial charge in [-0.25, -0.2) is 0 Å². The number of anilines is 1. The van der Waals surface area contributed by atoms with Crippen LogP contribution >= 0.6 is 0 Å². The molecule has 0 aromatic heterocycles. The standard InChI is InChI=1S/C27H36N2O3/c1-4-19(3)23-13-9-10-14-25(23)32-24(5-2)27(31)29-22-17-15-20(16-18-22)26(30)28-21-11-7-6-8-12-21/h9-10,13-19,21,24H,4-8,11-12H2,1-3H3,(H,28,30)(H,29,31). The number of carbonyl (C=O) groups is 2. The first-order valence-electron chi connectivity index (χ1n) is 12.0. The monoisotopic (exact) mass is 436 g/mol. The van der Waals surface area contributed by atoms with Gasteiger partial charge in [-0.15, -0.1) is 0 Å². The third-order valence-electron chi connectivity index (χ3n) is 6.35. The van der Waals surface area contributed by atoms with Gasteiger partial charge in [0.15, 0.2) is 6.10 Å². The Bertz CT molecular complexity index is 888. The highest BCUT2D eigenvalue weighted by molar-refractivity contribution is 5.97. The van der Waals surface area contributed by atoms with E-state index in [9.17, 15) is 9.59 Å². The predicted octanol–water partition coefficient (Wildman–Crippen LogP) is 6.06. The molecule has 5 nitrogen and oxygen atoms in total. The van der Waals surface area contributed by atoms with Gasteiger partial charge in [0.05, 0.1) is 0 Å². The lowest BCUT2D eigenvalue weighted by molar-refractivity contribution is -0.122. The van der Waals surface area contributed by atoms with Crippen molar-refractivity contribution in [3.63, 3.8) is 0 Å². The molecule has 0 saturated heterocycles. The zero-order valence-corrected chi connectivity index (χ0v) is 19.5. The van der Waals surface area contributed by atoms with Crippen molar-refractivity contribution >= 4 is 17.5 Å². The Labute approximate surface area is 191 Å². The molecule has 0 spiro atoms.